The standard InChI is InChI=1S/C28H32FNO4.Na/c1-18-12-19(6-11-27(31)32)14-22(13-18)34-17-20-7-9-23(26(30-20)16-28(2,3)4)24-15-21(33-5)8-10-25(24)29;/h7-10,12-15H,6,11,16-17H2,1-5H3,(H,31,32);/q;+1/p-1. The Morgan fingerprint density at radius 1 is 1.03 bits per heavy atom. The number of hydrogen-bond acceptors (Lipinski definition) is 5. The number of carbonyl (C=O) groups excluding carboxylic acids is 1. The summed E-state index contributed by atoms with van der Waals surface area (Å²) in [5.41, 5.74) is 4.51. The van der Waals surface area contributed by atoms with E-state index in [1.54, 1.807) is 19.2 Å². The van der Waals surface area contributed by atoms with E-state index >= 15 is 0 Å². The summed E-state index contributed by atoms with van der Waals surface area (Å²) in [5.74, 6) is -0.174. The number of nitrogens with zero attached hydrogens (tertiary/aromatic N) is 1. The number of benzene rings is 2. The Bertz CT molecular complexity index is 1170. The molecule has 5 nitrogen and oxygen atoms in total. The average Bonchev–Trinajstić information content (AvgIpc) is 2.76. The molecule has 3 rings (SSSR count). The van der Waals surface area contributed by atoms with Gasteiger partial charge in [0.2, 0.25) is 0 Å². The molecule has 0 N–H and O–H groups in total. The molecule has 0 saturated heterocycles. The van der Waals surface area contributed by atoms with Crippen LogP contribution in [0.5, 0.6) is 11.5 Å². The summed E-state index contributed by atoms with van der Waals surface area (Å²) in [4.78, 5) is 15.6. The Morgan fingerprint density at radius 2 is 1.77 bits per heavy atom. The molecule has 0 unspecified atom stereocenters. The van der Waals surface area contributed by atoms with Gasteiger partial charge in [-0.25, -0.2) is 4.39 Å². The third-order valence-electron chi connectivity index (χ3n) is 5.31. The van der Waals surface area contributed by atoms with Crippen molar-refractivity contribution in [2.75, 3.05) is 7.11 Å². The SMILES string of the molecule is COc1ccc(F)c(-c2ccc(COc3cc(C)cc(CCC(=O)[O-])c3)nc2CC(C)(C)C)c1.[Na+]. The van der Waals surface area contributed by atoms with Gasteiger partial charge in [-0.3, -0.25) is 4.98 Å². The molecular weight excluding hydrogens is 456 g/mol. The van der Waals surface area contributed by atoms with Crippen LogP contribution in [-0.2, 0) is 24.2 Å². The van der Waals surface area contributed by atoms with Crippen LogP contribution in [0.25, 0.3) is 11.1 Å². The molecule has 0 bridgehead atoms. The van der Waals surface area contributed by atoms with Crippen molar-refractivity contribution in [3.8, 4) is 22.6 Å². The molecule has 0 fully saturated rings. The van der Waals surface area contributed by atoms with Crippen LogP contribution in [0.15, 0.2) is 48.5 Å². The van der Waals surface area contributed by atoms with Gasteiger partial charge in [0, 0.05) is 22.8 Å². The third-order valence-corrected chi connectivity index (χ3v) is 5.31. The van der Waals surface area contributed by atoms with E-state index in [9.17, 15) is 14.3 Å². The molecule has 0 saturated carbocycles. The molecule has 0 amide bonds. The molecule has 1 aromatic heterocycles. The van der Waals surface area contributed by atoms with Crippen LogP contribution in [-0.4, -0.2) is 18.1 Å². The van der Waals surface area contributed by atoms with Crippen molar-refractivity contribution < 1.29 is 53.3 Å². The number of carbonyl (C=O) groups is 1. The minimum Gasteiger partial charge on any atom is -0.550 e. The molecule has 0 spiro atoms. The van der Waals surface area contributed by atoms with Crippen molar-refractivity contribution in [3.63, 3.8) is 0 Å². The van der Waals surface area contributed by atoms with Gasteiger partial charge >= 0.3 is 29.6 Å². The van der Waals surface area contributed by atoms with E-state index in [4.69, 9.17) is 14.5 Å². The summed E-state index contributed by atoms with van der Waals surface area (Å²) in [7, 11) is 1.56. The van der Waals surface area contributed by atoms with Crippen molar-refractivity contribution in [1.29, 1.82) is 0 Å². The predicted molar refractivity (Wildman–Crippen MR) is 128 cm³/mol. The maximum Gasteiger partial charge on any atom is 1.00 e. The van der Waals surface area contributed by atoms with Crippen LogP contribution in [0, 0.1) is 18.2 Å². The topological polar surface area (TPSA) is 71.5 Å². The molecule has 3 aromatic rings. The van der Waals surface area contributed by atoms with E-state index in [2.05, 4.69) is 20.8 Å². The Balaban J connectivity index is 0.00000432. The minimum atomic E-state index is -1.08. The minimum absolute atomic E-state index is 0. The Hall–Kier alpha value is -2.41. The van der Waals surface area contributed by atoms with Crippen molar-refractivity contribution in [2.24, 2.45) is 5.41 Å². The number of halogens is 1. The number of hydrogen-bond donors (Lipinski definition) is 0. The summed E-state index contributed by atoms with van der Waals surface area (Å²) in [5, 5.41) is 10.8. The quantitative estimate of drug-likeness (QED) is 0.432. The molecule has 1 heterocycles. The Morgan fingerprint density at radius 3 is 2.43 bits per heavy atom. The fourth-order valence-corrected chi connectivity index (χ4v) is 3.80. The number of rotatable bonds is 9. The first-order valence-electron chi connectivity index (χ1n) is 11.3. The molecule has 0 radical (unpaired) electrons. The number of aliphatic carboxylic acids is 1. The number of aryl methyl sites for hydroxylation is 2. The van der Waals surface area contributed by atoms with Crippen LogP contribution in [0.2, 0.25) is 0 Å². The van der Waals surface area contributed by atoms with Gasteiger partial charge in [-0.1, -0.05) is 32.9 Å². The number of ether oxygens (including phenoxy) is 2. The first kappa shape index (κ1) is 28.8. The molecule has 7 heteroatoms. The Labute approximate surface area is 229 Å². The van der Waals surface area contributed by atoms with E-state index < -0.39 is 5.97 Å². The number of carboxylic acids is 1. The number of carboxylic acid groups (broad SMARTS) is 1. The van der Waals surface area contributed by atoms with Gasteiger partial charge in [-0.2, -0.15) is 0 Å². The van der Waals surface area contributed by atoms with Gasteiger partial charge in [0.1, 0.15) is 23.9 Å². The van der Waals surface area contributed by atoms with Crippen LogP contribution in [0.1, 0.15) is 49.7 Å². The van der Waals surface area contributed by atoms with Crippen molar-refractivity contribution in [1.82, 2.24) is 4.98 Å². The molecule has 180 valence electrons. The first-order valence-corrected chi connectivity index (χ1v) is 11.3. The second-order valence-corrected chi connectivity index (χ2v) is 9.70. The largest absolute Gasteiger partial charge is 1.00 e. The molecule has 0 aliphatic heterocycles. The normalized spacial score (nSPS) is 11.0. The average molecular weight is 488 g/mol. The zero-order valence-electron chi connectivity index (χ0n) is 21.4. The second-order valence-electron chi connectivity index (χ2n) is 9.70. The smallest absolute Gasteiger partial charge is 0.550 e. The maximum absolute atomic E-state index is 14.7. The summed E-state index contributed by atoms with van der Waals surface area (Å²) in [6.45, 7) is 8.52. The van der Waals surface area contributed by atoms with E-state index in [0.29, 0.717) is 29.9 Å². The summed E-state index contributed by atoms with van der Waals surface area (Å²) < 4.78 is 26.0. The molecular formula is C28H31FNNaO4. The molecule has 35 heavy (non-hydrogen) atoms. The van der Waals surface area contributed by atoms with Gasteiger partial charge in [-0.15, -0.1) is 0 Å². The summed E-state index contributed by atoms with van der Waals surface area (Å²) >= 11 is 0. The van der Waals surface area contributed by atoms with E-state index in [1.165, 1.54) is 6.07 Å². The maximum atomic E-state index is 14.7. The number of aromatic nitrogens is 1. The van der Waals surface area contributed by atoms with Crippen LogP contribution >= 0.6 is 0 Å². The monoisotopic (exact) mass is 487 g/mol. The van der Waals surface area contributed by atoms with E-state index in [-0.39, 0.29) is 53.8 Å². The second kappa shape index (κ2) is 12.5. The van der Waals surface area contributed by atoms with E-state index in [0.717, 1.165) is 28.1 Å². The number of pyridine rings is 1. The number of methoxy groups -OCH3 is 1. The summed E-state index contributed by atoms with van der Waals surface area (Å²) in [6, 6.07) is 14.1. The fourth-order valence-electron chi connectivity index (χ4n) is 3.80. The van der Waals surface area contributed by atoms with Crippen molar-refractivity contribution in [3.05, 3.63) is 76.9 Å². The van der Waals surface area contributed by atoms with Gasteiger partial charge in [0.15, 0.2) is 0 Å². The van der Waals surface area contributed by atoms with Gasteiger partial charge in [0.05, 0.1) is 12.8 Å². The van der Waals surface area contributed by atoms with Crippen LogP contribution in [0.3, 0.4) is 0 Å². The van der Waals surface area contributed by atoms with Gasteiger partial charge in [0.25, 0.3) is 0 Å². The van der Waals surface area contributed by atoms with Crippen molar-refractivity contribution in [2.45, 2.75) is 53.6 Å². The zero-order chi connectivity index (χ0) is 24.9. The van der Waals surface area contributed by atoms with E-state index in [1.807, 2.05) is 37.3 Å². The Kier molecular flexibility index (Phi) is 10.3. The predicted octanol–water partition coefficient (Wildman–Crippen LogP) is 2.06. The van der Waals surface area contributed by atoms with Crippen LogP contribution in [0.4, 0.5) is 4.39 Å². The zero-order valence-corrected chi connectivity index (χ0v) is 23.4. The van der Waals surface area contributed by atoms with Crippen LogP contribution < -0.4 is 44.1 Å². The molecule has 2 aromatic carbocycles. The fraction of sp³-hybridized carbons (Fsp3) is 0.357. The van der Waals surface area contributed by atoms with Crippen molar-refractivity contribution >= 4 is 5.97 Å². The van der Waals surface area contributed by atoms with Gasteiger partial charge < -0.3 is 19.4 Å². The van der Waals surface area contributed by atoms with Gasteiger partial charge in [-0.05, 0) is 79.1 Å². The molecule has 0 aliphatic carbocycles. The first-order chi connectivity index (χ1) is 16.0. The molecule has 0 atom stereocenters. The third kappa shape index (κ3) is 8.64. The molecule has 0 aliphatic rings. The summed E-state index contributed by atoms with van der Waals surface area (Å²) in [6.07, 6.45) is 1.00.